The van der Waals surface area contributed by atoms with Crippen LogP contribution in [0.2, 0.25) is 0 Å². The lowest BCUT2D eigenvalue weighted by molar-refractivity contribution is -0.161. The lowest BCUT2D eigenvalue weighted by atomic mass is 9.83. The number of carbonyl (C=O) groups excluding carboxylic acids is 4. The number of nitrogens with zero attached hydrogens (tertiary/aromatic N) is 2. The standard InChI is InChI=1S/C26H36N2O6/c29-21-27-17-11-5-1-3-7-13-19-33-25(31)23-15-9-10-16-24(23)26(32)34-20-14-8-4-2-6-12-18-28-22-30/h1-4,9-10,23-24H,5-8,11-20H2. The van der Waals surface area contributed by atoms with Crippen molar-refractivity contribution >= 4 is 24.1 Å². The molecule has 0 heterocycles. The lowest BCUT2D eigenvalue weighted by Crippen LogP contribution is -2.34. The second-order valence-corrected chi connectivity index (χ2v) is 7.95. The van der Waals surface area contributed by atoms with E-state index in [9.17, 15) is 19.2 Å². The van der Waals surface area contributed by atoms with Crippen LogP contribution < -0.4 is 0 Å². The third-order valence-electron chi connectivity index (χ3n) is 5.30. The Morgan fingerprint density at radius 1 is 0.706 bits per heavy atom. The van der Waals surface area contributed by atoms with Gasteiger partial charge in [0.15, 0.2) is 0 Å². The van der Waals surface area contributed by atoms with Gasteiger partial charge in [0.1, 0.15) is 0 Å². The topological polar surface area (TPSA) is 111 Å². The molecule has 0 N–H and O–H groups in total. The molecule has 186 valence electrons. The summed E-state index contributed by atoms with van der Waals surface area (Å²) in [4.78, 5) is 52.0. The molecule has 1 aliphatic rings. The van der Waals surface area contributed by atoms with E-state index in [4.69, 9.17) is 9.47 Å². The fourth-order valence-corrected chi connectivity index (χ4v) is 3.44. The van der Waals surface area contributed by atoms with Crippen LogP contribution in [0.3, 0.4) is 0 Å². The van der Waals surface area contributed by atoms with E-state index in [0.29, 0.717) is 52.0 Å². The zero-order valence-electron chi connectivity index (χ0n) is 19.9. The predicted octanol–water partition coefficient (Wildman–Crippen LogP) is 4.56. The Morgan fingerprint density at radius 2 is 1.09 bits per heavy atom. The number of ether oxygens (including phenoxy) is 2. The normalized spacial score (nSPS) is 17.3. The molecule has 0 saturated heterocycles. The van der Waals surface area contributed by atoms with Crippen LogP contribution >= 0.6 is 0 Å². The van der Waals surface area contributed by atoms with Crippen LogP contribution in [-0.2, 0) is 28.7 Å². The summed E-state index contributed by atoms with van der Waals surface area (Å²) in [7, 11) is 0. The van der Waals surface area contributed by atoms with E-state index < -0.39 is 11.8 Å². The lowest BCUT2D eigenvalue weighted by Gasteiger charge is -2.25. The third-order valence-corrected chi connectivity index (χ3v) is 5.30. The van der Waals surface area contributed by atoms with Gasteiger partial charge in [-0.25, -0.2) is 19.6 Å². The number of hydrogen-bond acceptors (Lipinski definition) is 8. The van der Waals surface area contributed by atoms with Crippen LogP contribution in [0.25, 0.3) is 0 Å². The minimum atomic E-state index is -0.500. The van der Waals surface area contributed by atoms with Gasteiger partial charge in [-0.15, -0.1) is 0 Å². The van der Waals surface area contributed by atoms with Crippen molar-refractivity contribution in [3.63, 3.8) is 0 Å². The van der Waals surface area contributed by atoms with Gasteiger partial charge < -0.3 is 9.47 Å². The Kier molecular flexibility index (Phi) is 17.5. The number of isocyanates is 2. The van der Waals surface area contributed by atoms with E-state index in [2.05, 4.69) is 9.98 Å². The maximum absolute atomic E-state index is 12.5. The summed E-state index contributed by atoms with van der Waals surface area (Å²) in [5.41, 5.74) is 0. The highest BCUT2D eigenvalue weighted by molar-refractivity contribution is 5.82. The number of aliphatic imine (C=N–C) groups is 2. The smallest absolute Gasteiger partial charge is 0.310 e. The molecule has 2 unspecified atom stereocenters. The highest BCUT2D eigenvalue weighted by atomic mass is 16.5. The van der Waals surface area contributed by atoms with Crippen LogP contribution in [0, 0.1) is 11.8 Å². The van der Waals surface area contributed by atoms with Gasteiger partial charge >= 0.3 is 11.9 Å². The first-order valence-electron chi connectivity index (χ1n) is 12.1. The molecule has 0 aromatic carbocycles. The van der Waals surface area contributed by atoms with E-state index in [1.54, 1.807) is 0 Å². The van der Waals surface area contributed by atoms with Crippen molar-refractivity contribution in [2.45, 2.75) is 64.2 Å². The second-order valence-electron chi connectivity index (χ2n) is 7.95. The molecule has 8 nitrogen and oxygen atoms in total. The van der Waals surface area contributed by atoms with E-state index in [1.807, 2.05) is 36.5 Å². The monoisotopic (exact) mass is 472 g/mol. The Labute approximate surface area is 201 Å². The SMILES string of the molecule is O=C=NCCCC=CCCCOC(=O)C1CC=CCC1C(=O)OCCCC=CCCCN=C=O. The van der Waals surface area contributed by atoms with Gasteiger partial charge in [-0.05, 0) is 64.2 Å². The summed E-state index contributed by atoms with van der Waals surface area (Å²) in [5, 5.41) is 0. The first kappa shape index (κ1) is 29.0. The van der Waals surface area contributed by atoms with E-state index in [-0.39, 0.29) is 11.9 Å². The molecule has 8 heteroatoms. The summed E-state index contributed by atoms with van der Waals surface area (Å²) < 4.78 is 10.8. The summed E-state index contributed by atoms with van der Waals surface area (Å²) in [6, 6.07) is 0. The molecule has 1 rings (SSSR count). The Hall–Kier alpha value is -3.08. The molecular weight excluding hydrogens is 436 g/mol. The quantitative estimate of drug-likeness (QED) is 0.0950. The van der Waals surface area contributed by atoms with Crippen molar-refractivity contribution in [3.05, 3.63) is 36.5 Å². The van der Waals surface area contributed by atoms with Crippen LogP contribution in [0.4, 0.5) is 0 Å². The molecule has 0 radical (unpaired) electrons. The van der Waals surface area contributed by atoms with Gasteiger partial charge in [-0.3, -0.25) is 9.59 Å². The molecule has 0 aromatic rings. The molecule has 1 aliphatic carbocycles. The number of esters is 2. The van der Waals surface area contributed by atoms with Crippen molar-refractivity contribution in [1.82, 2.24) is 0 Å². The highest BCUT2D eigenvalue weighted by Gasteiger charge is 2.36. The molecule has 0 aliphatic heterocycles. The maximum Gasteiger partial charge on any atom is 0.310 e. The molecular formula is C26H36N2O6. The fraction of sp³-hybridized carbons (Fsp3) is 0.615. The van der Waals surface area contributed by atoms with Crippen LogP contribution in [0.15, 0.2) is 46.4 Å². The highest BCUT2D eigenvalue weighted by Crippen LogP contribution is 2.28. The molecule has 0 saturated carbocycles. The van der Waals surface area contributed by atoms with E-state index in [1.165, 1.54) is 12.2 Å². The number of hydrogen-bond donors (Lipinski definition) is 0. The molecule has 0 bridgehead atoms. The minimum absolute atomic E-state index is 0.314. The van der Waals surface area contributed by atoms with Crippen molar-refractivity contribution in [1.29, 1.82) is 0 Å². The first-order valence-corrected chi connectivity index (χ1v) is 12.1. The van der Waals surface area contributed by atoms with Gasteiger partial charge in [0.2, 0.25) is 12.2 Å². The molecule has 34 heavy (non-hydrogen) atoms. The zero-order valence-corrected chi connectivity index (χ0v) is 19.9. The molecule has 0 aromatic heterocycles. The van der Waals surface area contributed by atoms with Crippen molar-refractivity contribution in [3.8, 4) is 0 Å². The van der Waals surface area contributed by atoms with Gasteiger partial charge in [-0.2, -0.15) is 0 Å². The number of carbonyl (C=O) groups is 2. The van der Waals surface area contributed by atoms with Crippen molar-refractivity contribution in [2.24, 2.45) is 21.8 Å². The predicted molar refractivity (Wildman–Crippen MR) is 128 cm³/mol. The number of allylic oxidation sites excluding steroid dienone is 6. The average molecular weight is 473 g/mol. The van der Waals surface area contributed by atoms with Crippen LogP contribution in [0.5, 0.6) is 0 Å². The summed E-state index contributed by atoms with van der Waals surface area (Å²) in [5.74, 6) is -1.69. The Bertz CT molecular complexity index is 712. The van der Waals surface area contributed by atoms with Gasteiger partial charge in [-0.1, -0.05) is 36.5 Å². The number of rotatable bonds is 18. The summed E-state index contributed by atoms with van der Waals surface area (Å²) >= 11 is 0. The van der Waals surface area contributed by atoms with Crippen molar-refractivity contribution in [2.75, 3.05) is 26.3 Å². The van der Waals surface area contributed by atoms with E-state index in [0.717, 1.165) is 38.5 Å². The Balaban J connectivity index is 2.23. The van der Waals surface area contributed by atoms with E-state index >= 15 is 0 Å². The Morgan fingerprint density at radius 3 is 1.47 bits per heavy atom. The minimum Gasteiger partial charge on any atom is -0.465 e. The van der Waals surface area contributed by atoms with Gasteiger partial charge in [0.25, 0.3) is 0 Å². The van der Waals surface area contributed by atoms with Crippen LogP contribution in [-0.4, -0.2) is 50.4 Å². The average Bonchev–Trinajstić information content (AvgIpc) is 2.86. The molecule has 0 amide bonds. The summed E-state index contributed by atoms with van der Waals surface area (Å²) in [6.45, 7) is 1.60. The molecule has 0 spiro atoms. The largest absolute Gasteiger partial charge is 0.465 e. The van der Waals surface area contributed by atoms with Gasteiger partial charge in [0, 0.05) is 0 Å². The maximum atomic E-state index is 12.5. The fourth-order valence-electron chi connectivity index (χ4n) is 3.44. The second kappa shape index (κ2) is 20.5. The molecule has 0 fully saturated rings. The van der Waals surface area contributed by atoms with Crippen molar-refractivity contribution < 1.29 is 28.7 Å². The van der Waals surface area contributed by atoms with Gasteiger partial charge in [0.05, 0.1) is 38.1 Å². The molecule has 2 atom stereocenters. The summed E-state index contributed by atoms with van der Waals surface area (Å²) in [6.07, 6.45) is 22.3. The zero-order chi connectivity index (χ0) is 24.7. The van der Waals surface area contributed by atoms with Crippen LogP contribution in [0.1, 0.15) is 64.2 Å². The third kappa shape index (κ3) is 14.1. The first-order chi connectivity index (χ1) is 16.7. The number of unbranched alkanes of at least 4 members (excludes halogenated alkanes) is 4.